The molecule has 5 nitrogen and oxygen atoms in total. The molecule has 9 heteroatoms. The molecule has 1 aromatic carbocycles. The van der Waals surface area contributed by atoms with Gasteiger partial charge in [0, 0.05) is 6.04 Å². The van der Waals surface area contributed by atoms with Crippen molar-refractivity contribution in [3.05, 3.63) is 38.9 Å². The van der Waals surface area contributed by atoms with Crippen molar-refractivity contribution in [2.75, 3.05) is 6.54 Å². The Morgan fingerprint density at radius 1 is 1.43 bits per heavy atom. The molecular formula is C12H10ClF3N2O3. The van der Waals surface area contributed by atoms with Crippen LogP contribution in [0.5, 0.6) is 0 Å². The summed E-state index contributed by atoms with van der Waals surface area (Å²) < 4.78 is 37.7. The van der Waals surface area contributed by atoms with Gasteiger partial charge in [0.1, 0.15) is 17.1 Å². The molecule has 0 unspecified atom stereocenters. The number of para-hydroxylation sites is 1. The zero-order chi connectivity index (χ0) is 15.8. The molecular weight excluding hydrogens is 313 g/mol. The van der Waals surface area contributed by atoms with Crippen molar-refractivity contribution in [2.45, 2.75) is 25.1 Å². The molecule has 0 N–H and O–H groups in total. The molecule has 1 aliphatic rings. The van der Waals surface area contributed by atoms with Crippen LogP contribution in [0.3, 0.4) is 0 Å². The highest BCUT2D eigenvalue weighted by Crippen LogP contribution is 2.35. The molecule has 2 rings (SSSR count). The quantitative estimate of drug-likeness (QED) is 0.630. The highest BCUT2D eigenvalue weighted by Gasteiger charge is 2.42. The number of hydrogen-bond acceptors (Lipinski definition) is 3. The largest absolute Gasteiger partial charge is 0.406 e. The van der Waals surface area contributed by atoms with E-state index < -0.39 is 40.8 Å². The topological polar surface area (TPSA) is 63.4 Å². The first-order valence-electron chi connectivity index (χ1n) is 6.01. The third-order valence-corrected chi connectivity index (χ3v) is 3.30. The molecule has 0 heterocycles. The molecule has 1 fully saturated rings. The van der Waals surface area contributed by atoms with Gasteiger partial charge in [0.25, 0.3) is 5.91 Å². The summed E-state index contributed by atoms with van der Waals surface area (Å²) in [7, 11) is 0. The van der Waals surface area contributed by atoms with Crippen molar-refractivity contribution >= 4 is 23.2 Å². The average molecular weight is 323 g/mol. The van der Waals surface area contributed by atoms with Gasteiger partial charge in [-0.1, -0.05) is 17.7 Å². The minimum Gasteiger partial charge on any atom is -0.326 e. The van der Waals surface area contributed by atoms with E-state index in [1.54, 1.807) is 0 Å². The molecule has 1 aliphatic carbocycles. The van der Waals surface area contributed by atoms with Gasteiger partial charge in [-0.15, -0.1) is 0 Å². The number of carbonyl (C=O) groups excluding carboxylic acids is 1. The number of nitro benzene ring substituents is 1. The summed E-state index contributed by atoms with van der Waals surface area (Å²) in [6, 6.07) is 3.08. The van der Waals surface area contributed by atoms with Gasteiger partial charge >= 0.3 is 11.9 Å². The predicted molar refractivity (Wildman–Crippen MR) is 68.2 cm³/mol. The first-order valence-corrected chi connectivity index (χ1v) is 6.39. The van der Waals surface area contributed by atoms with E-state index in [1.165, 1.54) is 12.1 Å². The smallest absolute Gasteiger partial charge is 0.326 e. The van der Waals surface area contributed by atoms with Crippen LogP contribution >= 0.6 is 11.6 Å². The van der Waals surface area contributed by atoms with Crippen molar-refractivity contribution in [3.8, 4) is 0 Å². The van der Waals surface area contributed by atoms with E-state index in [4.69, 9.17) is 11.6 Å². The minimum absolute atomic E-state index is 0.284. The number of alkyl halides is 3. The van der Waals surface area contributed by atoms with Crippen LogP contribution in [0.4, 0.5) is 18.9 Å². The van der Waals surface area contributed by atoms with E-state index in [2.05, 4.69) is 0 Å². The summed E-state index contributed by atoms with van der Waals surface area (Å²) in [5, 5.41) is 10.7. The van der Waals surface area contributed by atoms with Gasteiger partial charge < -0.3 is 4.90 Å². The summed E-state index contributed by atoms with van der Waals surface area (Å²) in [4.78, 5) is 23.0. The third-order valence-electron chi connectivity index (χ3n) is 3.00. The summed E-state index contributed by atoms with van der Waals surface area (Å²) >= 11 is 5.67. The van der Waals surface area contributed by atoms with Crippen LogP contribution in [0, 0.1) is 10.1 Å². The van der Waals surface area contributed by atoms with E-state index >= 15 is 0 Å². The van der Waals surface area contributed by atoms with E-state index in [-0.39, 0.29) is 5.02 Å². The average Bonchev–Trinajstić information content (AvgIpc) is 3.17. The summed E-state index contributed by atoms with van der Waals surface area (Å²) in [6.07, 6.45) is -3.65. The second-order valence-electron chi connectivity index (χ2n) is 4.67. The normalized spacial score (nSPS) is 14.9. The lowest BCUT2D eigenvalue weighted by Crippen LogP contribution is -2.40. The second-order valence-corrected chi connectivity index (χ2v) is 5.08. The Morgan fingerprint density at radius 2 is 2.05 bits per heavy atom. The van der Waals surface area contributed by atoms with Crippen LogP contribution < -0.4 is 0 Å². The van der Waals surface area contributed by atoms with Gasteiger partial charge in [-0.05, 0) is 25.0 Å². The molecule has 0 saturated heterocycles. The number of hydrogen-bond donors (Lipinski definition) is 0. The first-order chi connectivity index (χ1) is 9.70. The number of carbonyl (C=O) groups is 1. The van der Waals surface area contributed by atoms with Crippen molar-refractivity contribution in [1.29, 1.82) is 0 Å². The lowest BCUT2D eigenvalue weighted by atomic mass is 10.1. The van der Waals surface area contributed by atoms with E-state index in [0.29, 0.717) is 17.7 Å². The van der Waals surface area contributed by atoms with Gasteiger partial charge in [-0.25, -0.2) is 0 Å². The van der Waals surface area contributed by atoms with Crippen LogP contribution in [0.2, 0.25) is 5.02 Å². The van der Waals surface area contributed by atoms with Crippen LogP contribution in [-0.4, -0.2) is 34.5 Å². The lowest BCUT2D eigenvalue weighted by molar-refractivity contribution is -0.385. The maximum Gasteiger partial charge on any atom is 0.406 e. The lowest BCUT2D eigenvalue weighted by Gasteiger charge is -2.23. The highest BCUT2D eigenvalue weighted by molar-refractivity contribution is 6.33. The fourth-order valence-electron chi connectivity index (χ4n) is 1.97. The molecule has 1 amide bonds. The Kier molecular flexibility index (Phi) is 4.08. The van der Waals surface area contributed by atoms with Gasteiger partial charge in [0.05, 0.1) is 4.92 Å². The molecule has 114 valence electrons. The van der Waals surface area contributed by atoms with Crippen LogP contribution in [-0.2, 0) is 0 Å². The number of halogens is 4. The van der Waals surface area contributed by atoms with Gasteiger partial charge in [0.15, 0.2) is 0 Å². The van der Waals surface area contributed by atoms with E-state index in [0.717, 1.165) is 6.07 Å². The zero-order valence-electron chi connectivity index (χ0n) is 10.6. The Hall–Kier alpha value is -1.83. The summed E-state index contributed by atoms with van der Waals surface area (Å²) in [5.74, 6) is -1.02. The monoisotopic (exact) mass is 322 g/mol. The van der Waals surface area contributed by atoms with E-state index in [1.807, 2.05) is 0 Å². The fraction of sp³-hybridized carbons (Fsp3) is 0.417. The maximum atomic E-state index is 12.6. The number of rotatable bonds is 4. The van der Waals surface area contributed by atoms with Crippen molar-refractivity contribution in [1.82, 2.24) is 4.90 Å². The molecule has 0 spiro atoms. The van der Waals surface area contributed by atoms with Crippen LogP contribution in [0.15, 0.2) is 18.2 Å². The number of nitrogens with zero attached hydrogens (tertiary/aromatic N) is 2. The molecule has 0 atom stereocenters. The molecule has 21 heavy (non-hydrogen) atoms. The van der Waals surface area contributed by atoms with E-state index in [9.17, 15) is 28.1 Å². The summed E-state index contributed by atoms with van der Waals surface area (Å²) in [5.41, 5.74) is -1.10. The third kappa shape index (κ3) is 3.63. The van der Waals surface area contributed by atoms with Gasteiger partial charge in [0.2, 0.25) is 0 Å². The summed E-state index contributed by atoms with van der Waals surface area (Å²) in [6.45, 7) is -1.43. The fourth-order valence-corrected chi connectivity index (χ4v) is 2.22. The van der Waals surface area contributed by atoms with Crippen molar-refractivity contribution < 1.29 is 22.9 Å². The molecule has 0 radical (unpaired) electrons. The second kappa shape index (κ2) is 5.51. The Balaban J connectivity index is 2.38. The SMILES string of the molecule is O=C(c1cccc(Cl)c1[N+](=O)[O-])N(CC(F)(F)F)C1CC1. The highest BCUT2D eigenvalue weighted by atomic mass is 35.5. The zero-order valence-corrected chi connectivity index (χ0v) is 11.3. The standard InChI is InChI=1S/C12H10ClF3N2O3/c13-9-3-1-2-8(10(9)18(20)21)11(19)17(7-4-5-7)6-12(14,15)16/h1-3,7H,4-6H2. The van der Waals surface area contributed by atoms with Crippen LogP contribution in [0.1, 0.15) is 23.2 Å². The molecule has 0 aromatic heterocycles. The Bertz CT molecular complexity index is 588. The molecule has 1 aromatic rings. The Labute approximate surface area is 122 Å². The van der Waals surface area contributed by atoms with Gasteiger partial charge in [-0.3, -0.25) is 14.9 Å². The predicted octanol–water partition coefficient (Wildman–Crippen LogP) is 3.42. The van der Waals surface area contributed by atoms with Crippen molar-refractivity contribution in [3.63, 3.8) is 0 Å². The molecule has 0 bridgehead atoms. The maximum absolute atomic E-state index is 12.6. The molecule has 0 aliphatic heterocycles. The molecule has 1 saturated carbocycles. The number of amides is 1. The minimum atomic E-state index is -4.56. The van der Waals surface area contributed by atoms with Gasteiger partial charge in [-0.2, -0.15) is 13.2 Å². The number of nitro groups is 1. The first kappa shape index (κ1) is 15.6. The number of benzene rings is 1. The van der Waals surface area contributed by atoms with Crippen LogP contribution in [0.25, 0.3) is 0 Å². The van der Waals surface area contributed by atoms with Crippen molar-refractivity contribution in [2.24, 2.45) is 0 Å². The Morgan fingerprint density at radius 3 is 2.52 bits per heavy atom.